The van der Waals surface area contributed by atoms with Crippen LogP contribution in [0.2, 0.25) is 0 Å². The molecule has 1 aliphatic heterocycles. The van der Waals surface area contributed by atoms with E-state index in [1.54, 1.807) is 11.9 Å². The van der Waals surface area contributed by atoms with Crippen LogP contribution in [0.1, 0.15) is 5.56 Å². The second-order valence-electron chi connectivity index (χ2n) is 3.65. The molecule has 2 rings (SSSR count). The molecule has 0 unspecified atom stereocenters. The molecule has 0 atom stereocenters. The van der Waals surface area contributed by atoms with Gasteiger partial charge in [0.15, 0.2) is 0 Å². The summed E-state index contributed by atoms with van der Waals surface area (Å²) in [6, 6.07) is 8.16. The fourth-order valence-electron chi connectivity index (χ4n) is 1.57. The Bertz CT molecular complexity index is 333. The van der Waals surface area contributed by atoms with Gasteiger partial charge < -0.3 is 9.53 Å². The van der Waals surface area contributed by atoms with E-state index in [-0.39, 0.29) is 0 Å². The number of carbonyl (C=O) groups is 1. The first-order valence-corrected chi connectivity index (χ1v) is 6.19. The highest BCUT2D eigenvalue weighted by Gasteiger charge is 2.11. The molecule has 1 heterocycles. The molecule has 0 amide bonds. The highest BCUT2D eigenvalue weighted by atomic mass is 32.2. The first-order chi connectivity index (χ1) is 7.88. The van der Waals surface area contributed by atoms with Gasteiger partial charge in [0.25, 0.3) is 0 Å². The van der Waals surface area contributed by atoms with Crippen LogP contribution in [0.5, 0.6) is 0 Å². The van der Waals surface area contributed by atoms with Crippen molar-refractivity contribution < 1.29 is 9.53 Å². The molecule has 0 bridgehead atoms. The van der Waals surface area contributed by atoms with Gasteiger partial charge in [0, 0.05) is 24.4 Å². The van der Waals surface area contributed by atoms with E-state index in [2.05, 4.69) is 16.4 Å². The van der Waals surface area contributed by atoms with E-state index in [0.29, 0.717) is 6.42 Å². The highest BCUT2D eigenvalue weighted by Crippen LogP contribution is 2.23. The van der Waals surface area contributed by atoms with E-state index in [1.807, 2.05) is 12.1 Å². The van der Waals surface area contributed by atoms with E-state index in [4.69, 9.17) is 4.74 Å². The maximum Gasteiger partial charge on any atom is 0.124 e. The SMILES string of the molecule is O=CCc1ccc(SN2CCOCC2)cc1. The number of benzene rings is 1. The number of nitrogens with zero attached hydrogens (tertiary/aromatic N) is 1. The van der Waals surface area contributed by atoms with Gasteiger partial charge in [0.05, 0.1) is 13.2 Å². The number of aldehydes is 1. The Kier molecular flexibility index (Phi) is 4.39. The van der Waals surface area contributed by atoms with Crippen LogP contribution in [0.4, 0.5) is 0 Å². The Morgan fingerprint density at radius 3 is 2.56 bits per heavy atom. The summed E-state index contributed by atoms with van der Waals surface area (Å²) in [6.07, 6.45) is 1.44. The van der Waals surface area contributed by atoms with Crippen molar-refractivity contribution in [3.63, 3.8) is 0 Å². The summed E-state index contributed by atoms with van der Waals surface area (Å²) in [7, 11) is 0. The molecule has 0 saturated carbocycles. The molecule has 1 fully saturated rings. The average Bonchev–Trinajstić information content (AvgIpc) is 2.33. The molecule has 4 heteroatoms. The Morgan fingerprint density at radius 2 is 1.94 bits per heavy atom. The standard InChI is InChI=1S/C12H15NO2S/c14-8-5-11-1-3-12(4-2-11)16-13-6-9-15-10-7-13/h1-4,8H,5-7,9-10H2. The average molecular weight is 237 g/mol. The van der Waals surface area contributed by atoms with Gasteiger partial charge in [-0.3, -0.25) is 0 Å². The number of morpholine rings is 1. The van der Waals surface area contributed by atoms with Crippen molar-refractivity contribution in [3.8, 4) is 0 Å². The molecule has 1 saturated heterocycles. The Hall–Kier alpha value is -0.840. The van der Waals surface area contributed by atoms with Crippen LogP contribution in [-0.2, 0) is 16.0 Å². The summed E-state index contributed by atoms with van der Waals surface area (Å²) in [5.41, 5.74) is 1.07. The summed E-state index contributed by atoms with van der Waals surface area (Å²) in [5.74, 6) is 0. The number of hydrogen-bond donors (Lipinski definition) is 0. The van der Waals surface area contributed by atoms with Gasteiger partial charge in [0.1, 0.15) is 6.29 Å². The van der Waals surface area contributed by atoms with Crippen LogP contribution < -0.4 is 0 Å². The van der Waals surface area contributed by atoms with Gasteiger partial charge in [-0.05, 0) is 29.6 Å². The lowest BCUT2D eigenvalue weighted by atomic mass is 10.2. The molecule has 0 aliphatic carbocycles. The number of ether oxygens (including phenoxy) is 1. The molecule has 0 spiro atoms. The fraction of sp³-hybridized carbons (Fsp3) is 0.417. The van der Waals surface area contributed by atoms with Gasteiger partial charge in [-0.15, -0.1) is 0 Å². The van der Waals surface area contributed by atoms with Crippen LogP contribution in [-0.4, -0.2) is 36.9 Å². The minimum Gasteiger partial charge on any atom is -0.379 e. The molecule has 16 heavy (non-hydrogen) atoms. The zero-order valence-electron chi connectivity index (χ0n) is 9.09. The van der Waals surface area contributed by atoms with Crippen molar-refractivity contribution in [2.45, 2.75) is 11.3 Å². The zero-order chi connectivity index (χ0) is 11.2. The smallest absolute Gasteiger partial charge is 0.124 e. The largest absolute Gasteiger partial charge is 0.379 e. The first kappa shape index (κ1) is 11.6. The van der Waals surface area contributed by atoms with E-state index in [0.717, 1.165) is 38.2 Å². The molecule has 0 aromatic heterocycles. The zero-order valence-corrected chi connectivity index (χ0v) is 9.91. The van der Waals surface area contributed by atoms with Crippen LogP contribution in [0.3, 0.4) is 0 Å². The number of hydrogen-bond acceptors (Lipinski definition) is 4. The lowest BCUT2D eigenvalue weighted by Crippen LogP contribution is -2.30. The van der Waals surface area contributed by atoms with Crippen molar-refractivity contribution >= 4 is 18.2 Å². The van der Waals surface area contributed by atoms with Crippen LogP contribution in [0.25, 0.3) is 0 Å². The summed E-state index contributed by atoms with van der Waals surface area (Å²) >= 11 is 1.76. The normalized spacial score (nSPS) is 17.2. The third-order valence-electron chi connectivity index (χ3n) is 2.45. The Labute approximate surface area is 99.9 Å². The van der Waals surface area contributed by atoms with Crippen LogP contribution in [0.15, 0.2) is 29.2 Å². The molecule has 1 aromatic carbocycles. The summed E-state index contributed by atoms with van der Waals surface area (Å²) in [6.45, 7) is 3.58. The first-order valence-electron chi connectivity index (χ1n) is 5.42. The van der Waals surface area contributed by atoms with E-state index >= 15 is 0 Å². The molecule has 1 aromatic rings. The summed E-state index contributed by atoms with van der Waals surface area (Å²) < 4.78 is 7.60. The minimum absolute atomic E-state index is 0.502. The van der Waals surface area contributed by atoms with E-state index < -0.39 is 0 Å². The van der Waals surface area contributed by atoms with Crippen molar-refractivity contribution in [2.24, 2.45) is 0 Å². The lowest BCUT2D eigenvalue weighted by Gasteiger charge is -2.25. The Morgan fingerprint density at radius 1 is 1.25 bits per heavy atom. The maximum atomic E-state index is 10.3. The summed E-state index contributed by atoms with van der Waals surface area (Å²) in [4.78, 5) is 11.6. The van der Waals surface area contributed by atoms with Gasteiger partial charge in [0.2, 0.25) is 0 Å². The molecular formula is C12H15NO2S. The van der Waals surface area contributed by atoms with E-state index in [1.165, 1.54) is 4.90 Å². The molecular weight excluding hydrogens is 222 g/mol. The molecule has 0 radical (unpaired) electrons. The molecule has 86 valence electrons. The Balaban J connectivity index is 1.90. The molecule has 3 nitrogen and oxygen atoms in total. The van der Waals surface area contributed by atoms with Crippen molar-refractivity contribution in [3.05, 3.63) is 29.8 Å². The van der Waals surface area contributed by atoms with Gasteiger partial charge >= 0.3 is 0 Å². The van der Waals surface area contributed by atoms with Gasteiger partial charge in [-0.25, -0.2) is 4.31 Å². The third kappa shape index (κ3) is 3.33. The van der Waals surface area contributed by atoms with E-state index in [9.17, 15) is 4.79 Å². The number of rotatable bonds is 4. The lowest BCUT2D eigenvalue weighted by molar-refractivity contribution is -0.107. The quantitative estimate of drug-likeness (QED) is 0.589. The second-order valence-corrected chi connectivity index (χ2v) is 4.82. The topological polar surface area (TPSA) is 29.5 Å². The number of carbonyl (C=O) groups excluding carboxylic acids is 1. The maximum absolute atomic E-state index is 10.3. The van der Waals surface area contributed by atoms with Gasteiger partial charge in [-0.2, -0.15) is 0 Å². The monoisotopic (exact) mass is 237 g/mol. The predicted octanol–water partition coefficient (Wildman–Crippen LogP) is 1.77. The van der Waals surface area contributed by atoms with Crippen molar-refractivity contribution in [1.82, 2.24) is 4.31 Å². The van der Waals surface area contributed by atoms with Crippen molar-refractivity contribution in [1.29, 1.82) is 0 Å². The van der Waals surface area contributed by atoms with Crippen molar-refractivity contribution in [2.75, 3.05) is 26.3 Å². The third-order valence-corrected chi connectivity index (χ3v) is 3.55. The van der Waals surface area contributed by atoms with Crippen LogP contribution >= 0.6 is 11.9 Å². The van der Waals surface area contributed by atoms with Crippen LogP contribution in [0, 0.1) is 0 Å². The highest BCUT2D eigenvalue weighted by molar-refractivity contribution is 7.97. The predicted molar refractivity (Wildman–Crippen MR) is 64.5 cm³/mol. The molecule has 1 aliphatic rings. The molecule has 0 N–H and O–H groups in total. The van der Waals surface area contributed by atoms with Gasteiger partial charge in [-0.1, -0.05) is 12.1 Å². The minimum atomic E-state index is 0.502. The fourth-order valence-corrected chi connectivity index (χ4v) is 2.46. The second kappa shape index (κ2) is 6.03. The summed E-state index contributed by atoms with van der Waals surface area (Å²) in [5, 5.41) is 0.